The normalized spacial score (nSPS) is 12.5. The van der Waals surface area contributed by atoms with Crippen LogP contribution in [0.2, 0.25) is 0 Å². The molecule has 0 saturated heterocycles. The first-order valence-corrected chi connectivity index (χ1v) is 7.19. The van der Waals surface area contributed by atoms with Crippen molar-refractivity contribution in [3.05, 3.63) is 36.0 Å². The molecule has 1 amide bonds. The van der Waals surface area contributed by atoms with Gasteiger partial charge in [0.1, 0.15) is 0 Å². The van der Waals surface area contributed by atoms with Crippen molar-refractivity contribution in [2.24, 2.45) is 0 Å². The maximum absolute atomic E-state index is 11.7. The van der Waals surface area contributed by atoms with Gasteiger partial charge in [-0.1, -0.05) is 6.07 Å². The third-order valence-electron chi connectivity index (χ3n) is 3.42. The lowest BCUT2D eigenvalue weighted by Crippen LogP contribution is -2.28. The van der Waals surface area contributed by atoms with E-state index in [2.05, 4.69) is 16.4 Å². The van der Waals surface area contributed by atoms with Crippen molar-refractivity contribution in [2.45, 2.75) is 25.4 Å². The van der Waals surface area contributed by atoms with E-state index >= 15 is 0 Å². The predicted molar refractivity (Wildman–Crippen MR) is 82.1 cm³/mol. The van der Waals surface area contributed by atoms with Gasteiger partial charge in [-0.3, -0.25) is 4.79 Å². The number of methoxy groups -OCH3 is 1. The van der Waals surface area contributed by atoms with Gasteiger partial charge in [0.05, 0.1) is 12.7 Å². The van der Waals surface area contributed by atoms with E-state index in [1.54, 1.807) is 7.11 Å². The summed E-state index contributed by atoms with van der Waals surface area (Å²) >= 11 is 0. The Hall–Kier alpha value is -1.85. The Bertz CT molecular complexity index is 580. The third kappa shape index (κ3) is 4.88. The zero-order valence-corrected chi connectivity index (χ0v) is 12.3. The van der Waals surface area contributed by atoms with Crippen LogP contribution in [0.15, 0.2) is 30.5 Å². The van der Waals surface area contributed by atoms with E-state index in [1.165, 1.54) is 0 Å². The lowest BCUT2D eigenvalue weighted by atomic mass is 10.1. The van der Waals surface area contributed by atoms with E-state index in [4.69, 9.17) is 4.74 Å². The summed E-state index contributed by atoms with van der Waals surface area (Å²) < 4.78 is 4.83. The van der Waals surface area contributed by atoms with Gasteiger partial charge >= 0.3 is 0 Å². The number of aromatic amines is 1. The Morgan fingerprint density at radius 3 is 3.10 bits per heavy atom. The molecule has 3 N–H and O–H groups in total. The van der Waals surface area contributed by atoms with Crippen molar-refractivity contribution in [1.29, 1.82) is 0 Å². The fourth-order valence-corrected chi connectivity index (χ4v) is 2.26. The van der Waals surface area contributed by atoms with Crippen LogP contribution in [-0.4, -0.2) is 42.4 Å². The summed E-state index contributed by atoms with van der Waals surface area (Å²) in [5.41, 5.74) is 2.26. The number of fused-ring (bicyclic) bond motifs is 1. The number of carbonyl (C=O) groups is 1. The molecule has 1 atom stereocenters. The molecule has 2 rings (SSSR count). The van der Waals surface area contributed by atoms with Gasteiger partial charge in [0.15, 0.2) is 0 Å². The van der Waals surface area contributed by atoms with Crippen LogP contribution in [0.4, 0.5) is 0 Å². The van der Waals surface area contributed by atoms with Crippen molar-refractivity contribution >= 4 is 16.8 Å². The minimum absolute atomic E-state index is 0.00813. The number of ether oxygens (including phenoxy) is 1. The Labute approximate surface area is 124 Å². The molecular formula is C16H22N2O3. The Balaban J connectivity index is 1.71. The summed E-state index contributed by atoms with van der Waals surface area (Å²) in [5.74, 6) is 0.00813. The lowest BCUT2D eigenvalue weighted by molar-refractivity contribution is -0.121. The molecule has 114 valence electrons. The molecule has 1 heterocycles. The topological polar surface area (TPSA) is 74.3 Å². The molecule has 0 aliphatic heterocycles. The second-order valence-corrected chi connectivity index (χ2v) is 5.15. The van der Waals surface area contributed by atoms with Gasteiger partial charge in [-0.25, -0.2) is 0 Å². The minimum atomic E-state index is -0.522. The molecule has 0 bridgehead atoms. The summed E-state index contributed by atoms with van der Waals surface area (Å²) in [5, 5.41) is 13.4. The van der Waals surface area contributed by atoms with Crippen molar-refractivity contribution in [3.63, 3.8) is 0 Å². The number of aromatic nitrogens is 1. The molecule has 1 aromatic heterocycles. The summed E-state index contributed by atoms with van der Waals surface area (Å²) in [6.45, 7) is 0.771. The number of carbonyl (C=O) groups excluding carboxylic acids is 1. The Morgan fingerprint density at radius 2 is 2.29 bits per heavy atom. The van der Waals surface area contributed by atoms with Crippen LogP contribution in [0.3, 0.4) is 0 Å². The fraction of sp³-hybridized carbons (Fsp3) is 0.438. The van der Waals surface area contributed by atoms with Gasteiger partial charge in [-0.15, -0.1) is 0 Å². The number of H-pyrrole nitrogens is 1. The average molecular weight is 290 g/mol. The molecule has 0 spiro atoms. The molecule has 0 aliphatic carbocycles. The Kier molecular flexibility index (Phi) is 5.78. The number of amides is 1. The maximum atomic E-state index is 11.7. The van der Waals surface area contributed by atoms with Gasteiger partial charge in [0, 0.05) is 31.8 Å². The second kappa shape index (κ2) is 7.81. The van der Waals surface area contributed by atoms with Crippen molar-refractivity contribution in [2.75, 3.05) is 20.3 Å². The highest BCUT2D eigenvalue weighted by molar-refractivity contribution is 5.80. The zero-order valence-electron chi connectivity index (χ0n) is 12.3. The summed E-state index contributed by atoms with van der Waals surface area (Å²) in [4.78, 5) is 14.9. The molecule has 0 saturated carbocycles. The first-order chi connectivity index (χ1) is 10.2. The molecule has 0 radical (unpaired) electrons. The van der Waals surface area contributed by atoms with Crippen LogP contribution in [0.5, 0.6) is 0 Å². The van der Waals surface area contributed by atoms with Gasteiger partial charge in [-0.05, 0) is 42.0 Å². The molecule has 5 heteroatoms. The van der Waals surface area contributed by atoms with Crippen molar-refractivity contribution < 1.29 is 14.6 Å². The average Bonchev–Trinajstić information content (AvgIpc) is 2.93. The zero-order chi connectivity index (χ0) is 15.1. The predicted octanol–water partition coefficient (Wildman–Crippen LogP) is 1.61. The molecule has 21 heavy (non-hydrogen) atoms. The van der Waals surface area contributed by atoms with Crippen molar-refractivity contribution in [3.8, 4) is 0 Å². The minimum Gasteiger partial charge on any atom is -0.391 e. The number of benzene rings is 1. The van der Waals surface area contributed by atoms with Crippen molar-refractivity contribution in [1.82, 2.24) is 10.3 Å². The van der Waals surface area contributed by atoms with Crippen LogP contribution >= 0.6 is 0 Å². The quantitative estimate of drug-likeness (QED) is 0.691. The highest BCUT2D eigenvalue weighted by Gasteiger charge is 2.06. The van der Waals surface area contributed by atoms with E-state index in [0.717, 1.165) is 16.5 Å². The SMILES string of the molecule is COCC(O)CCNC(=O)CCc1ccc2[nH]ccc2c1. The molecule has 0 aliphatic rings. The number of aliphatic hydroxyl groups excluding tert-OH is 1. The summed E-state index contributed by atoms with van der Waals surface area (Å²) in [6.07, 6.45) is 3.07. The molecular weight excluding hydrogens is 268 g/mol. The van der Waals surface area contributed by atoms with Crippen LogP contribution in [0.25, 0.3) is 10.9 Å². The van der Waals surface area contributed by atoms with Crippen LogP contribution in [-0.2, 0) is 16.0 Å². The van der Waals surface area contributed by atoms with E-state index in [0.29, 0.717) is 32.4 Å². The first kappa shape index (κ1) is 15.5. The van der Waals surface area contributed by atoms with Gasteiger partial charge in [0.2, 0.25) is 5.91 Å². The highest BCUT2D eigenvalue weighted by Crippen LogP contribution is 2.15. The fourth-order valence-electron chi connectivity index (χ4n) is 2.26. The molecule has 0 fully saturated rings. The first-order valence-electron chi connectivity index (χ1n) is 7.19. The molecule has 5 nitrogen and oxygen atoms in total. The number of nitrogens with one attached hydrogen (secondary N) is 2. The van der Waals surface area contributed by atoms with Gasteiger partial charge in [-0.2, -0.15) is 0 Å². The monoisotopic (exact) mass is 290 g/mol. The number of hydrogen-bond acceptors (Lipinski definition) is 3. The molecule has 1 unspecified atom stereocenters. The Morgan fingerprint density at radius 1 is 1.43 bits per heavy atom. The third-order valence-corrected chi connectivity index (χ3v) is 3.42. The van der Waals surface area contributed by atoms with E-state index in [9.17, 15) is 9.90 Å². The van der Waals surface area contributed by atoms with Crippen LogP contribution in [0.1, 0.15) is 18.4 Å². The second-order valence-electron chi connectivity index (χ2n) is 5.15. The summed E-state index contributed by atoms with van der Waals surface area (Å²) in [6, 6.07) is 8.19. The van der Waals surface area contributed by atoms with Crippen LogP contribution < -0.4 is 5.32 Å². The van der Waals surface area contributed by atoms with Crippen LogP contribution in [0, 0.1) is 0 Å². The smallest absolute Gasteiger partial charge is 0.220 e. The van der Waals surface area contributed by atoms with Gasteiger partial charge in [0.25, 0.3) is 0 Å². The number of hydrogen-bond donors (Lipinski definition) is 3. The lowest BCUT2D eigenvalue weighted by Gasteiger charge is -2.10. The highest BCUT2D eigenvalue weighted by atomic mass is 16.5. The maximum Gasteiger partial charge on any atom is 0.220 e. The number of rotatable bonds is 8. The summed E-state index contributed by atoms with van der Waals surface area (Å²) in [7, 11) is 1.54. The largest absolute Gasteiger partial charge is 0.391 e. The van der Waals surface area contributed by atoms with Gasteiger partial charge < -0.3 is 20.1 Å². The van der Waals surface area contributed by atoms with E-state index in [-0.39, 0.29) is 5.91 Å². The number of aryl methyl sites for hydroxylation is 1. The van der Waals surface area contributed by atoms with E-state index in [1.807, 2.05) is 24.4 Å². The molecule has 1 aromatic carbocycles. The van der Waals surface area contributed by atoms with E-state index < -0.39 is 6.10 Å². The number of aliphatic hydroxyl groups is 1. The molecule has 2 aromatic rings. The standard InChI is InChI=1S/C16H22N2O3/c1-21-11-14(19)7-9-18-16(20)5-3-12-2-4-15-13(10-12)6-8-17-15/h2,4,6,8,10,14,17,19H,3,5,7,9,11H2,1H3,(H,18,20).